The minimum atomic E-state index is -0.730. The second-order valence-corrected chi connectivity index (χ2v) is 20.9. The number of aryl methyl sites for hydroxylation is 1. The topological polar surface area (TPSA) is 121 Å². The van der Waals surface area contributed by atoms with Gasteiger partial charge in [-0.25, -0.2) is 0 Å². The molecule has 2 saturated carbocycles. The normalized spacial score (nSPS) is 18.0. The van der Waals surface area contributed by atoms with Crippen LogP contribution in [0, 0.1) is 41.9 Å². The van der Waals surface area contributed by atoms with E-state index in [1.165, 1.54) is 29.2 Å². The van der Waals surface area contributed by atoms with E-state index >= 15 is 0 Å². The van der Waals surface area contributed by atoms with Gasteiger partial charge in [-0.1, -0.05) is 132 Å². The molecule has 6 atom stereocenters. The third-order valence-electron chi connectivity index (χ3n) is 15.2. The zero-order valence-electron chi connectivity index (χ0n) is 45.7. The Morgan fingerprint density at radius 1 is 0.740 bits per heavy atom. The summed E-state index contributed by atoms with van der Waals surface area (Å²) in [6.07, 6.45) is 17.7. The average molecular weight is 1010 g/mol. The highest BCUT2D eigenvalue weighted by molar-refractivity contribution is 5.95. The van der Waals surface area contributed by atoms with Crippen molar-refractivity contribution in [2.45, 2.75) is 183 Å². The van der Waals surface area contributed by atoms with Crippen LogP contribution in [0.2, 0.25) is 0 Å². The van der Waals surface area contributed by atoms with Crippen LogP contribution in [0.4, 0.5) is 0 Å². The molecule has 3 aromatic rings. The molecule has 0 amide bonds. The van der Waals surface area contributed by atoms with Gasteiger partial charge in [-0.3, -0.25) is 24.0 Å². The van der Waals surface area contributed by atoms with E-state index in [9.17, 15) is 28.8 Å². The number of ketones is 6. The first kappa shape index (κ1) is 63.8. The Balaban J connectivity index is 0. The summed E-state index contributed by atoms with van der Waals surface area (Å²) in [6.45, 7) is 20.8. The fourth-order valence-electron chi connectivity index (χ4n) is 10.2. The zero-order chi connectivity index (χ0) is 53.6. The van der Waals surface area contributed by atoms with Gasteiger partial charge in [0.15, 0.2) is 0 Å². The number of benzene rings is 3. The van der Waals surface area contributed by atoms with E-state index in [0.717, 1.165) is 68.1 Å². The molecule has 3 aromatic carbocycles. The van der Waals surface area contributed by atoms with Crippen molar-refractivity contribution in [2.24, 2.45) is 29.6 Å². The maximum Gasteiger partial charge on any atom is 0.205 e. The summed E-state index contributed by atoms with van der Waals surface area (Å²) >= 11 is 0. The largest absolute Gasteiger partial charge is 0.378 e. The molecule has 8 nitrogen and oxygen atoms in total. The number of carbonyl (C=O) groups is 6. The lowest BCUT2D eigenvalue weighted by atomic mass is 9.71. The van der Waals surface area contributed by atoms with Crippen LogP contribution in [0.15, 0.2) is 97.1 Å². The molecule has 0 spiro atoms. The van der Waals surface area contributed by atoms with Crippen LogP contribution < -0.4 is 0 Å². The van der Waals surface area contributed by atoms with Crippen LogP contribution in [0.3, 0.4) is 0 Å². The molecule has 404 valence electrons. The molecule has 0 bridgehead atoms. The molecule has 0 aromatic heterocycles. The van der Waals surface area contributed by atoms with Crippen molar-refractivity contribution in [3.63, 3.8) is 0 Å². The monoisotopic (exact) mass is 1000 g/mol. The van der Waals surface area contributed by atoms with E-state index in [4.69, 9.17) is 15.9 Å². The third-order valence-corrected chi connectivity index (χ3v) is 15.2. The lowest BCUT2D eigenvalue weighted by Gasteiger charge is -2.36. The van der Waals surface area contributed by atoms with E-state index in [0.29, 0.717) is 44.3 Å². The van der Waals surface area contributed by atoms with Crippen LogP contribution >= 0.6 is 0 Å². The lowest BCUT2D eigenvalue weighted by molar-refractivity contribution is -0.140. The van der Waals surface area contributed by atoms with Gasteiger partial charge in [0.1, 0.15) is 28.9 Å². The molecule has 0 saturated heterocycles. The fourth-order valence-corrected chi connectivity index (χ4v) is 10.2. The smallest absolute Gasteiger partial charge is 0.205 e. The molecule has 5 rings (SSSR count). The maximum atomic E-state index is 13.8. The molecule has 2 aliphatic carbocycles. The van der Waals surface area contributed by atoms with Gasteiger partial charge >= 0.3 is 0 Å². The van der Waals surface area contributed by atoms with Gasteiger partial charge < -0.3 is 14.3 Å². The fraction of sp³-hybridized carbons (Fsp3) is 0.538. The number of hydrogen-bond donors (Lipinski definition) is 0. The van der Waals surface area contributed by atoms with Crippen molar-refractivity contribution in [1.29, 1.82) is 0 Å². The Morgan fingerprint density at radius 3 is 1.85 bits per heavy atom. The van der Waals surface area contributed by atoms with Crippen molar-refractivity contribution in [2.75, 3.05) is 14.2 Å². The SMILES string of the molecule is C.C#CC(=O)CC[C@H](C(=O)C1CCC[C@@H](C(=O)CCc2ccc(C/C(=C/Cc3ccc(C(C)C(=O)[C@@H]4CCCC4=C)cc3)c3ccccc3)cc2)C1)C(C)(C)OC.CC.COC(C)(C)[C@H](CCC(C)=O)C(C)=O.[HH].[HH].[HH]. The number of carbonyl (C=O) groups excluding carboxylic acids is 6. The second kappa shape index (κ2) is 31.4. The molecular weight excluding hydrogens is 909 g/mol. The predicted octanol–water partition coefficient (Wildman–Crippen LogP) is 14.9. The summed E-state index contributed by atoms with van der Waals surface area (Å²) in [4.78, 5) is 74.5. The highest BCUT2D eigenvalue weighted by Crippen LogP contribution is 2.38. The molecule has 2 unspecified atom stereocenters. The maximum absolute atomic E-state index is 13.8. The quantitative estimate of drug-likeness (QED) is 0.0467. The Hall–Kier alpha value is -5.36. The third kappa shape index (κ3) is 19.8. The highest BCUT2D eigenvalue weighted by Gasteiger charge is 2.41. The summed E-state index contributed by atoms with van der Waals surface area (Å²) in [5.74, 6) is 1.51. The lowest BCUT2D eigenvalue weighted by Crippen LogP contribution is -2.43. The molecule has 0 heterocycles. The van der Waals surface area contributed by atoms with Gasteiger partial charge in [-0.05, 0) is 151 Å². The Labute approximate surface area is 445 Å². The Kier molecular flexibility index (Phi) is 27.4. The van der Waals surface area contributed by atoms with E-state index in [1.807, 2.05) is 54.5 Å². The highest BCUT2D eigenvalue weighted by atomic mass is 16.5. The summed E-state index contributed by atoms with van der Waals surface area (Å²) in [7, 11) is 3.18. The first-order valence-electron chi connectivity index (χ1n) is 26.5. The summed E-state index contributed by atoms with van der Waals surface area (Å²) in [5.41, 5.74) is 6.92. The predicted molar refractivity (Wildman–Crippen MR) is 306 cm³/mol. The number of hydrogen-bond acceptors (Lipinski definition) is 8. The van der Waals surface area contributed by atoms with Crippen LogP contribution in [0.5, 0.6) is 0 Å². The summed E-state index contributed by atoms with van der Waals surface area (Å²) in [6, 6.07) is 27.6. The summed E-state index contributed by atoms with van der Waals surface area (Å²) < 4.78 is 10.9. The zero-order valence-corrected chi connectivity index (χ0v) is 45.7. The van der Waals surface area contributed by atoms with Gasteiger partial charge in [0, 0.05) is 73.3 Å². The molecule has 0 radical (unpaired) electrons. The summed E-state index contributed by atoms with van der Waals surface area (Å²) in [5, 5.41) is 0. The molecule has 0 N–H and O–H groups in total. The minimum Gasteiger partial charge on any atom is -0.378 e. The van der Waals surface area contributed by atoms with E-state index in [-0.39, 0.29) is 76.6 Å². The minimum absolute atomic E-state index is 0. The van der Waals surface area contributed by atoms with Gasteiger partial charge in [-0.2, -0.15) is 0 Å². The molecule has 73 heavy (non-hydrogen) atoms. The number of ether oxygens (including phenoxy) is 2. The van der Waals surface area contributed by atoms with E-state index in [2.05, 4.69) is 91.4 Å². The van der Waals surface area contributed by atoms with Crippen molar-refractivity contribution in [1.82, 2.24) is 0 Å². The van der Waals surface area contributed by atoms with Crippen molar-refractivity contribution in [3.8, 4) is 12.3 Å². The number of methoxy groups -OCH3 is 2. The number of terminal acetylenes is 1. The van der Waals surface area contributed by atoms with Gasteiger partial charge in [0.05, 0.1) is 11.2 Å². The molecule has 8 heteroatoms. The average Bonchev–Trinajstić information content (AvgIpc) is 3.82. The first-order chi connectivity index (χ1) is 34.2. The van der Waals surface area contributed by atoms with Gasteiger partial charge in [0.25, 0.3) is 0 Å². The number of Topliss-reactive ketones (excluding diaryl/α,β-unsaturated/α-hetero) is 6. The second-order valence-electron chi connectivity index (χ2n) is 20.9. The van der Waals surface area contributed by atoms with Crippen molar-refractivity contribution < 1.29 is 42.5 Å². The number of allylic oxidation sites excluding steroid dienone is 3. The van der Waals surface area contributed by atoms with Crippen molar-refractivity contribution in [3.05, 3.63) is 125 Å². The molecular formula is C65H96O8. The van der Waals surface area contributed by atoms with Gasteiger partial charge in [-0.15, -0.1) is 6.42 Å². The molecule has 2 aliphatic rings. The van der Waals surface area contributed by atoms with Crippen LogP contribution in [-0.2, 0) is 57.5 Å². The van der Waals surface area contributed by atoms with E-state index in [1.54, 1.807) is 21.1 Å². The van der Waals surface area contributed by atoms with Crippen LogP contribution in [0.25, 0.3) is 5.57 Å². The van der Waals surface area contributed by atoms with Gasteiger partial charge in [0.2, 0.25) is 5.78 Å². The van der Waals surface area contributed by atoms with Crippen LogP contribution in [0.1, 0.15) is 185 Å². The Morgan fingerprint density at radius 2 is 1.30 bits per heavy atom. The number of rotatable bonds is 25. The van der Waals surface area contributed by atoms with Crippen LogP contribution in [-0.4, -0.2) is 60.1 Å². The van der Waals surface area contributed by atoms with E-state index < -0.39 is 17.1 Å². The first-order valence-corrected chi connectivity index (χ1v) is 26.5. The Bertz CT molecular complexity index is 2340. The molecule has 2 fully saturated rings. The van der Waals surface area contributed by atoms with Crippen molar-refractivity contribution >= 4 is 40.3 Å². The molecule has 0 aliphatic heterocycles. The standard InChI is InChI=1S/C51H60O5.C11H20O3.C2H6.CH4.3H2/c1-7-45(52)30-31-47(51(4,5)56-6)50(55)44-17-12-16-43(34-44)48(53)32-26-37-19-21-39(22-20-37)33-42(41-14-9-8-10-15-41)29-25-38-23-27-40(28-24-38)36(3)49(54)46-18-11-13-35(46)2;1-8(12)6-7-10(9(2)13)11(3,4)14-5;1-2;;;;/h1,8-10,14-15,19-24,27-29,36,43-44,46-47H,2,11-13,16-18,25-26,30-34H2,3-6H3;10H,6-7H2,1-5H3;1-2H3;1H4;3*1H/b42-29-;;;;;;/t36?,43-,44?,46-,47-;10-;;;;;/m11...../s1.